The molecule has 2 aromatic carbocycles. The lowest BCUT2D eigenvalue weighted by atomic mass is 10.1. The first-order valence-corrected chi connectivity index (χ1v) is 6.51. The minimum Gasteiger partial charge on any atom is -0.484 e. The van der Waals surface area contributed by atoms with E-state index in [1.165, 1.54) is 0 Å². The summed E-state index contributed by atoms with van der Waals surface area (Å²) in [5.41, 5.74) is 6.99. The smallest absolute Gasteiger partial charge is 0.258 e. The fraction of sp³-hybridized carbons (Fsp3) is 0.188. The molecule has 0 aliphatic rings. The van der Waals surface area contributed by atoms with Crippen molar-refractivity contribution in [1.29, 1.82) is 0 Å². The Morgan fingerprint density at radius 3 is 2.30 bits per heavy atom. The molecule has 4 nitrogen and oxygen atoms in total. The van der Waals surface area contributed by atoms with Gasteiger partial charge in [-0.25, -0.2) is 0 Å². The van der Waals surface area contributed by atoms with Crippen LogP contribution in [0.3, 0.4) is 0 Å². The van der Waals surface area contributed by atoms with Gasteiger partial charge in [0.15, 0.2) is 6.61 Å². The molecule has 20 heavy (non-hydrogen) atoms. The van der Waals surface area contributed by atoms with E-state index in [4.69, 9.17) is 10.5 Å². The van der Waals surface area contributed by atoms with Crippen LogP contribution in [0.5, 0.6) is 5.75 Å². The molecule has 2 rings (SSSR count). The number of carbonyl (C=O) groups is 1. The first kappa shape index (κ1) is 14.1. The van der Waals surface area contributed by atoms with Gasteiger partial charge in [-0.15, -0.1) is 0 Å². The highest BCUT2D eigenvalue weighted by molar-refractivity contribution is 5.77. The maximum atomic E-state index is 11.7. The van der Waals surface area contributed by atoms with Crippen molar-refractivity contribution in [2.75, 3.05) is 13.2 Å². The Kier molecular flexibility index (Phi) is 5.15. The van der Waals surface area contributed by atoms with Crippen LogP contribution >= 0.6 is 0 Å². The van der Waals surface area contributed by atoms with Gasteiger partial charge in [-0.3, -0.25) is 4.79 Å². The van der Waals surface area contributed by atoms with Crippen LogP contribution in [0.25, 0.3) is 0 Å². The van der Waals surface area contributed by atoms with Gasteiger partial charge in [0.1, 0.15) is 5.75 Å². The average molecular weight is 270 g/mol. The van der Waals surface area contributed by atoms with Gasteiger partial charge in [-0.2, -0.15) is 0 Å². The Labute approximate surface area is 118 Å². The standard InChI is InChI=1S/C16H18N2O2/c17-15(13-7-3-1-4-8-13)11-18-16(19)12-20-14-9-5-2-6-10-14/h1-10,15H,11-12,17H2,(H,18,19). The van der Waals surface area contributed by atoms with E-state index < -0.39 is 0 Å². The molecule has 0 aromatic heterocycles. The molecule has 0 heterocycles. The van der Waals surface area contributed by atoms with E-state index in [2.05, 4.69) is 5.32 Å². The minimum atomic E-state index is -0.211. The van der Waals surface area contributed by atoms with Crippen LogP contribution in [0.15, 0.2) is 60.7 Å². The molecule has 0 saturated heterocycles. The number of para-hydroxylation sites is 1. The van der Waals surface area contributed by atoms with Gasteiger partial charge < -0.3 is 15.8 Å². The predicted octanol–water partition coefficient (Wildman–Crippen LogP) is 1.88. The number of benzene rings is 2. The van der Waals surface area contributed by atoms with E-state index in [-0.39, 0.29) is 18.6 Å². The second kappa shape index (κ2) is 7.31. The Hall–Kier alpha value is -2.33. The van der Waals surface area contributed by atoms with E-state index in [0.29, 0.717) is 12.3 Å². The molecule has 4 heteroatoms. The summed E-state index contributed by atoms with van der Waals surface area (Å²) in [6.07, 6.45) is 0. The molecule has 0 radical (unpaired) electrons. The zero-order valence-corrected chi connectivity index (χ0v) is 11.2. The quantitative estimate of drug-likeness (QED) is 0.842. The summed E-state index contributed by atoms with van der Waals surface area (Å²) in [6.45, 7) is 0.381. The van der Waals surface area contributed by atoms with Crippen LogP contribution in [0.4, 0.5) is 0 Å². The summed E-state index contributed by atoms with van der Waals surface area (Å²) in [5, 5.41) is 2.76. The molecule has 0 spiro atoms. The molecule has 0 saturated carbocycles. The zero-order valence-electron chi connectivity index (χ0n) is 11.2. The van der Waals surface area contributed by atoms with Gasteiger partial charge in [-0.05, 0) is 17.7 Å². The van der Waals surface area contributed by atoms with Gasteiger partial charge in [0.2, 0.25) is 0 Å². The van der Waals surface area contributed by atoms with Crippen molar-refractivity contribution < 1.29 is 9.53 Å². The summed E-state index contributed by atoms with van der Waals surface area (Å²) in [7, 11) is 0. The first-order valence-electron chi connectivity index (χ1n) is 6.51. The van der Waals surface area contributed by atoms with Gasteiger partial charge in [0.05, 0.1) is 0 Å². The Morgan fingerprint density at radius 2 is 1.65 bits per heavy atom. The average Bonchev–Trinajstić information content (AvgIpc) is 2.52. The SMILES string of the molecule is NC(CNC(=O)COc1ccccc1)c1ccccc1. The van der Waals surface area contributed by atoms with Crippen LogP contribution in [-0.2, 0) is 4.79 Å². The zero-order chi connectivity index (χ0) is 14.2. The van der Waals surface area contributed by atoms with Crippen LogP contribution in [0.2, 0.25) is 0 Å². The van der Waals surface area contributed by atoms with Crippen LogP contribution in [0, 0.1) is 0 Å². The number of hydrogen-bond donors (Lipinski definition) is 2. The van der Waals surface area contributed by atoms with Crippen molar-refractivity contribution in [3.05, 3.63) is 66.2 Å². The van der Waals surface area contributed by atoms with Gasteiger partial charge in [-0.1, -0.05) is 48.5 Å². The van der Waals surface area contributed by atoms with Gasteiger partial charge in [0, 0.05) is 12.6 Å². The van der Waals surface area contributed by atoms with Crippen molar-refractivity contribution in [3.63, 3.8) is 0 Å². The lowest BCUT2D eigenvalue weighted by Crippen LogP contribution is -2.34. The van der Waals surface area contributed by atoms with Crippen LogP contribution < -0.4 is 15.8 Å². The maximum Gasteiger partial charge on any atom is 0.258 e. The van der Waals surface area contributed by atoms with E-state index >= 15 is 0 Å². The van der Waals surface area contributed by atoms with E-state index in [0.717, 1.165) is 5.56 Å². The largest absolute Gasteiger partial charge is 0.484 e. The Balaban J connectivity index is 1.73. The maximum absolute atomic E-state index is 11.7. The number of rotatable bonds is 6. The van der Waals surface area contributed by atoms with Crippen molar-refractivity contribution in [2.45, 2.75) is 6.04 Å². The number of amides is 1. The molecular formula is C16H18N2O2. The number of hydrogen-bond acceptors (Lipinski definition) is 3. The number of nitrogens with two attached hydrogens (primary N) is 1. The lowest BCUT2D eigenvalue weighted by molar-refractivity contribution is -0.123. The van der Waals surface area contributed by atoms with Crippen molar-refractivity contribution >= 4 is 5.91 Å². The van der Waals surface area contributed by atoms with Crippen molar-refractivity contribution in [3.8, 4) is 5.75 Å². The topological polar surface area (TPSA) is 64.3 Å². The predicted molar refractivity (Wildman–Crippen MR) is 78.3 cm³/mol. The van der Waals surface area contributed by atoms with E-state index in [1.807, 2.05) is 60.7 Å². The molecule has 0 aliphatic carbocycles. The van der Waals surface area contributed by atoms with Gasteiger partial charge in [0.25, 0.3) is 5.91 Å². The van der Waals surface area contributed by atoms with Crippen LogP contribution in [-0.4, -0.2) is 19.1 Å². The molecular weight excluding hydrogens is 252 g/mol. The molecule has 0 bridgehead atoms. The minimum absolute atomic E-state index is 0.00841. The summed E-state index contributed by atoms with van der Waals surface area (Å²) < 4.78 is 5.35. The number of carbonyl (C=O) groups excluding carboxylic acids is 1. The first-order chi connectivity index (χ1) is 9.75. The molecule has 104 valence electrons. The molecule has 2 aromatic rings. The number of ether oxygens (including phenoxy) is 1. The number of nitrogens with one attached hydrogen (secondary N) is 1. The molecule has 1 unspecified atom stereocenters. The normalized spacial score (nSPS) is 11.7. The third-order valence-corrected chi connectivity index (χ3v) is 2.86. The van der Waals surface area contributed by atoms with Crippen molar-refractivity contribution in [1.82, 2.24) is 5.32 Å². The molecule has 0 aliphatic heterocycles. The second-order valence-corrected chi connectivity index (χ2v) is 4.42. The summed E-state index contributed by atoms with van der Waals surface area (Å²) in [5.74, 6) is 0.496. The molecule has 3 N–H and O–H groups in total. The highest BCUT2D eigenvalue weighted by Crippen LogP contribution is 2.09. The highest BCUT2D eigenvalue weighted by Gasteiger charge is 2.08. The third-order valence-electron chi connectivity index (χ3n) is 2.86. The monoisotopic (exact) mass is 270 g/mol. The third kappa shape index (κ3) is 4.40. The Morgan fingerprint density at radius 1 is 1.05 bits per heavy atom. The van der Waals surface area contributed by atoms with Gasteiger partial charge >= 0.3 is 0 Å². The van der Waals surface area contributed by atoms with E-state index in [1.54, 1.807) is 0 Å². The van der Waals surface area contributed by atoms with E-state index in [9.17, 15) is 4.79 Å². The van der Waals surface area contributed by atoms with Crippen molar-refractivity contribution in [2.24, 2.45) is 5.73 Å². The summed E-state index contributed by atoms with van der Waals surface area (Å²) in [4.78, 5) is 11.7. The fourth-order valence-corrected chi connectivity index (χ4v) is 1.76. The highest BCUT2D eigenvalue weighted by atomic mass is 16.5. The molecule has 1 amide bonds. The molecule has 0 fully saturated rings. The fourth-order valence-electron chi connectivity index (χ4n) is 1.76. The lowest BCUT2D eigenvalue weighted by Gasteiger charge is -2.13. The Bertz CT molecular complexity index is 529. The van der Waals surface area contributed by atoms with Crippen LogP contribution in [0.1, 0.15) is 11.6 Å². The molecule has 1 atom stereocenters. The summed E-state index contributed by atoms with van der Waals surface area (Å²) in [6, 6.07) is 18.7. The second-order valence-electron chi connectivity index (χ2n) is 4.42. The summed E-state index contributed by atoms with van der Waals surface area (Å²) >= 11 is 0.